The first-order valence-electron chi connectivity index (χ1n) is 26.8. The molecule has 0 bridgehead atoms. The molecule has 5 aliphatic heterocycles. The summed E-state index contributed by atoms with van der Waals surface area (Å²) in [5, 5.41) is 83.6. The van der Waals surface area contributed by atoms with Gasteiger partial charge < -0.3 is 59.4 Å². The summed E-state index contributed by atoms with van der Waals surface area (Å²) in [6, 6.07) is 18.1. The van der Waals surface area contributed by atoms with Crippen LogP contribution in [0, 0.1) is 25.7 Å². The first kappa shape index (κ1) is 54.1. The molecule has 0 fully saturated rings. The maximum Gasteiger partial charge on any atom is 0.193 e. The van der Waals surface area contributed by atoms with Crippen molar-refractivity contribution in [1.82, 2.24) is 0 Å². The number of carbonyl (C=O) groups excluding carboxylic acids is 4. The van der Waals surface area contributed by atoms with E-state index in [4.69, 9.17) is 23.7 Å². The number of ether oxygens (including phenoxy) is 5. The van der Waals surface area contributed by atoms with E-state index in [2.05, 4.69) is 0 Å². The van der Waals surface area contributed by atoms with E-state index in [1.165, 1.54) is 32.9 Å². The molecule has 0 saturated heterocycles. The molecule has 5 aliphatic rings. The zero-order valence-corrected chi connectivity index (χ0v) is 46.4. The molecule has 7 N–H and O–H groups in total. The van der Waals surface area contributed by atoms with Gasteiger partial charge in [0.1, 0.15) is 120 Å². The molecule has 11 rings (SSSR count). The molecule has 5 heterocycles. The molecule has 16 nitrogen and oxygen atoms in total. The van der Waals surface area contributed by atoms with Crippen molar-refractivity contribution < 1.29 is 78.6 Å². The highest BCUT2D eigenvalue weighted by molar-refractivity contribution is 6.12. The summed E-state index contributed by atoms with van der Waals surface area (Å²) in [4.78, 5) is 56.2. The summed E-state index contributed by atoms with van der Waals surface area (Å²) < 4.78 is 34.8. The van der Waals surface area contributed by atoms with E-state index in [0.717, 1.165) is 12.5 Å². The van der Waals surface area contributed by atoms with Crippen molar-refractivity contribution in [1.29, 1.82) is 0 Å². The molecular weight excluding hydrogens is 1040 g/mol. The molecule has 0 aromatic heterocycles. The lowest BCUT2D eigenvalue weighted by atomic mass is 9.63. The summed E-state index contributed by atoms with van der Waals surface area (Å²) in [5.74, 6) is -8.81. The Balaban J connectivity index is 1.12. The van der Waals surface area contributed by atoms with Gasteiger partial charge in [-0.25, -0.2) is 0 Å². The number of fused-ring (bicyclic) bond motifs is 9. The number of carbonyl (C=O) groups is 4. The maximum atomic E-state index is 14.8. The Morgan fingerprint density at radius 1 is 0.519 bits per heavy atom. The van der Waals surface area contributed by atoms with E-state index in [1.807, 2.05) is 64.1 Å². The molecule has 5 unspecified atom stereocenters. The van der Waals surface area contributed by atoms with E-state index < -0.39 is 122 Å². The zero-order chi connectivity index (χ0) is 58.3. The third-order valence-electron chi connectivity index (χ3n) is 17.0. The van der Waals surface area contributed by atoms with Gasteiger partial charge in [0.15, 0.2) is 23.1 Å². The fraction of sp³-hybridized carbons (Fsp3) is 0.323. The first-order valence-corrected chi connectivity index (χ1v) is 26.8. The highest BCUT2D eigenvalue weighted by Gasteiger charge is 2.61. The minimum atomic E-state index is -1.23. The van der Waals surface area contributed by atoms with Crippen LogP contribution in [-0.4, -0.2) is 75.7 Å². The second kappa shape index (κ2) is 18.9. The Hall–Kier alpha value is -8.92. The number of aromatic hydroxyl groups is 7. The van der Waals surface area contributed by atoms with Gasteiger partial charge in [0.25, 0.3) is 0 Å². The number of phenolic OH excluding ortho intramolecular Hbond substituents is 7. The second-order valence-electron chi connectivity index (χ2n) is 23.5. The van der Waals surface area contributed by atoms with E-state index in [9.17, 15) is 54.9 Å². The number of ketones is 4. The smallest absolute Gasteiger partial charge is 0.193 e. The molecule has 418 valence electrons. The van der Waals surface area contributed by atoms with E-state index in [1.54, 1.807) is 50.3 Å². The molecule has 5 atom stereocenters. The van der Waals surface area contributed by atoms with Crippen molar-refractivity contribution in [2.75, 3.05) is 0 Å². The fourth-order valence-corrected chi connectivity index (χ4v) is 13.0. The molecule has 0 amide bonds. The Morgan fingerprint density at radius 2 is 1.01 bits per heavy atom. The predicted octanol–water partition coefficient (Wildman–Crippen LogP) is 12.1. The van der Waals surface area contributed by atoms with Gasteiger partial charge in [0.2, 0.25) is 0 Å². The van der Waals surface area contributed by atoms with Crippen molar-refractivity contribution in [2.24, 2.45) is 11.8 Å². The lowest BCUT2D eigenvalue weighted by Gasteiger charge is -2.55. The molecule has 6 aromatic carbocycles. The maximum absolute atomic E-state index is 14.8. The number of Topliss-reactive ketones (excluding diaryl/α,β-unsaturated/α-hetero) is 2. The number of hydrogen-bond donors (Lipinski definition) is 7. The van der Waals surface area contributed by atoms with Crippen molar-refractivity contribution in [2.45, 2.75) is 123 Å². The quantitative estimate of drug-likeness (QED) is 0.0497. The Labute approximate surface area is 467 Å². The average molecular weight is 1100 g/mol. The number of allylic oxidation sites excluding steroid dienone is 2. The van der Waals surface area contributed by atoms with Crippen molar-refractivity contribution >= 4 is 35.3 Å². The molecule has 81 heavy (non-hydrogen) atoms. The van der Waals surface area contributed by atoms with Crippen LogP contribution in [-0.2, 0) is 12.8 Å². The highest BCUT2D eigenvalue weighted by Crippen LogP contribution is 2.68. The predicted molar refractivity (Wildman–Crippen MR) is 298 cm³/mol. The van der Waals surface area contributed by atoms with Crippen LogP contribution in [0.15, 0.2) is 72.8 Å². The number of hydrogen-bond acceptors (Lipinski definition) is 16. The zero-order valence-electron chi connectivity index (χ0n) is 46.4. The Bertz CT molecular complexity index is 3810. The molecule has 6 aromatic rings. The monoisotopic (exact) mass is 1100 g/mol. The van der Waals surface area contributed by atoms with Crippen LogP contribution in [0.1, 0.15) is 177 Å². The molecule has 0 spiro atoms. The number of phenols is 7. The van der Waals surface area contributed by atoms with Crippen LogP contribution < -0.4 is 23.7 Å². The molecule has 16 heteroatoms. The van der Waals surface area contributed by atoms with Crippen LogP contribution in [0.4, 0.5) is 0 Å². The third kappa shape index (κ3) is 8.39. The summed E-state index contributed by atoms with van der Waals surface area (Å²) in [5.41, 5.74) is -2.91. The van der Waals surface area contributed by atoms with Crippen LogP contribution in [0.25, 0.3) is 12.2 Å². The lowest BCUT2D eigenvalue weighted by Crippen LogP contribution is -2.54. The topological polar surface area (TPSA) is 256 Å². The normalized spacial score (nSPS) is 21.0. The van der Waals surface area contributed by atoms with Crippen molar-refractivity contribution in [3.8, 4) is 69.0 Å². The number of rotatable bonds is 10. The average Bonchev–Trinajstić information content (AvgIpc) is 3.11. The van der Waals surface area contributed by atoms with Gasteiger partial charge in [-0.3, -0.25) is 19.2 Å². The van der Waals surface area contributed by atoms with E-state index in [-0.39, 0.29) is 91.7 Å². The van der Waals surface area contributed by atoms with E-state index in [0.29, 0.717) is 16.7 Å². The van der Waals surface area contributed by atoms with Crippen LogP contribution >= 0.6 is 0 Å². The minimum Gasteiger partial charge on any atom is -0.507 e. The summed E-state index contributed by atoms with van der Waals surface area (Å²) in [6.45, 7) is 16.2. The highest BCUT2D eigenvalue weighted by atomic mass is 16.5. The summed E-state index contributed by atoms with van der Waals surface area (Å²) in [7, 11) is 0. The lowest BCUT2D eigenvalue weighted by molar-refractivity contribution is -0.0888. The largest absolute Gasteiger partial charge is 0.507 e. The van der Waals surface area contributed by atoms with Crippen molar-refractivity contribution in [3.05, 3.63) is 151 Å². The minimum absolute atomic E-state index is 0.0112. The van der Waals surface area contributed by atoms with Gasteiger partial charge in [0.05, 0.1) is 11.1 Å². The third-order valence-corrected chi connectivity index (χ3v) is 17.0. The summed E-state index contributed by atoms with van der Waals surface area (Å²) >= 11 is 0. The summed E-state index contributed by atoms with van der Waals surface area (Å²) in [6.07, 6.45) is 3.19. The van der Waals surface area contributed by atoms with Gasteiger partial charge >= 0.3 is 0 Å². The van der Waals surface area contributed by atoms with Gasteiger partial charge in [-0.15, -0.1) is 0 Å². The molecule has 0 radical (unpaired) electrons. The molecular formula is C65H62O16. The van der Waals surface area contributed by atoms with Crippen LogP contribution in [0.2, 0.25) is 0 Å². The first-order chi connectivity index (χ1) is 38.2. The molecule has 0 saturated carbocycles. The fourth-order valence-electron chi connectivity index (χ4n) is 13.0. The van der Waals surface area contributed by atoms with E-state index >= 15 is 0 Å². The van der Waals surface area contributed by atoms with Gasteiger partial charge in [-0.2, -0.15) is 0 Å². The number of benzene rings is 6. The second-order valence-corrected chi connectivity index (χ2v) is 23.5. The van der Waals surface area contributed by atoms with Crippen molar-refractivity contribution in [3.63, 3.8) is 0 Å². The standard InChI is InChI=1S/C65H62O16/c1-28-49(70)34(53(74)41(30(3)66)50(28)71)25-35-54(75)45(40(69)24-22-33-19-15-12-16-20-33)60-43-37(27-63(5,6)79-60)48-62(78-56(35)43)47-55(76)42(31(4)67)57-36(58(47)80-65(48,9)10)26-38-59(77-57)46-52(73)29(2)51(72)44(61(46)81-64(38,7)8)39(68)23-21-32-17-13-11-14-18-32/h11-24,37-38,48,59,62,70-76H,25-27H2,1-10H3. The SMILES string of the molecule is CC(=O)c1c(O)c(C)c(O)c(Cc2c(O)c(C(=O)C=Cc3ccccc3)c3c4c2OC2c5c(O)c(C(C)=O)c6c(c5OC(C)(C)C2C4CC(C)(C)O3)CC2C(O6)c3c(O)c(C)c(O)c(C(=O)C=Cc4ccccc4)c3OC2(C)C)c1O. The van der Waals surface area contributed by atoms with Gasteiger partial charge in [-0.05, 0) is 105 Å². The van der Waals surface area contributed by atoms with Crippen LogP contribution in [0.3, 0.4) is 0 Å². The molecule has 0 aliphatic carbocycles. The van der Waals surface area contributed by atoms with Gasteiger partial charge in [-0.1, -0.05) is 72.8 Å². The van der Waals surface area contributed by atoms with Crippen LogP contribution in [0.5, 0.6) is 69.0 Å². The Morgan fingerprint density at radius 3 is 1.59 bits per heavy atom. The van der Waals surface area contributed by atoms with Gasteiger partial charge in [0, 0.05) is 57.6 Å². The Kier molecular flexibility index (Phi) is 12.6.